The monoisotopic (exact) mass is 301 g/mol. The van der Waals surface area contributed by atoms with E-state index in [1.54, 1.807) is 12.1 Å². The van der Waals surface area contributed by atoms with Crippen LogP contribution in [-0.2, 0) is 6.42 Å². The Bertz CT molecular complexity index is 619. The Hall–Kier alpha value is -1.94. The molecule has 110 valence electrons. The molecule has 1 N–H and O–H groups in total. The van der Waals surface area contributed by atoms with E-state index in [9.17, 15) is 9.59 Å². The molecular weight excluding hydrogens is 282 g/mol. The van der Waals surface area contributed by atoms with Gasteiger partial charge in [0.05, 0.1) is 9.75 Å². The maximum absolute atomic E-state index is 12.1. The molecule has 0 bridgehead atoms. The first-order valence-electron chi connectivity index (χ1n) is 7.02. The number of ketones is 1. The molecule has 0 fully saturated rings. The highest BCUT2D eigenvalue weighted by Gasteiger charge is 2.13. The van der Waals surface area contributed by atoms with Gasteiger partial charge < -0.3 is 5.32 Å². The number of rotatable bonds is 6. The highest BCUT2D eigenvalue weighted by Crippen LogP contribution is 2.17. The predicted molar refractivity (Wildman–Crippen MR) is 86.0 cm³/mol. The van der Waals surface area contributed by atoms with E-state index in [0.29, 0.717) is 9.75 Å². The summed E-state index contributed by atoms with van der Waals surface area (Å²) in [6.45, 7) is 3.51. The molecule has 1 aromatic carbocycles. The molecule has 0 spiro atoms. The number of benzene rings is 1. The first kappa shape index (κ1) is 15.4. The molecule has 0 radical (unpaired) electrons. The van der Waals surface area contributed by atoms with Crippen LogP contribution in [0.3, 0.4) is 0 Å². The van der Waals surface area contributed by atoms with Crippen LogP contribution in [0.5, 0.6) is 0 Å². The quantitative estimate of drug-likeness (QED) is 0.827. The van der Waals surface area contributed by atoms with Gasteiger partial charge in [0.1, 0.15) is 0 Å². The van der Waals surface area contributed by atoms with Crippen molar-refractivity contribution in [3.05, 3.63) is 57.8 Å². The van der Waals surface area contributed by atoms with Crippen molar-refractivity contribution in [2.75, 3.05) is 0 Å². The van der Waals surface area contributed by atoms with Gasteiger partial charge in [-0.15, -0.1) is 11.3 Å². The van der Waals surface area contributed by atoms with Crippen molar-refractivity contribution < 1.29 is 9.59 Å². The first-order chi connectivity index (χ1) is 10.1. The fourth-order valence-corrected chi connectivity index (χ4v) is 2.85. The third kappa shape index (κ3) is 4.53. The van der Waals surface area contributed by atoms with E-state index >= 15 is 0 Å². The second kappa shape index (κ2) is 7.18. The van der Waals surface area contributed by atoms with Crippen molar-refractivity contribution in [1.82, 2.24) is 5.32 Å². The zero-order valence-corrected chi connectivity index (χ0v) is 13.1. The third-order valence-electron chi connectivity index (χ3n) is 3.26. The second-order valence-corrected chi connectivity index (χ2v) is 6.20. The van der Waals surface area contributed by atoms with Crippen molar-refractivity contribution in [2.45, 2.75) is 32.7 Å². The van der Waals surface area contributed by atoms with Gasteiger partial charge in [-0.1, -0.05) is 30.3 Å². The molecule has 2 aromatic rings. The molecule has 1 heterocycles. The number of amides is 1. The zero-order chi connectivity index (χ0) is 15.2. The summed E-state index contributed by atoms with van der Waals surface area (Å²) in [5.74, 6) is -0.107. The molecule has 1 amide bonds. The predicted octanol–water partition coefficient (Wildman–Crippen LogP) is 3.70. The van der Waals surface area contributed by atoms with Crippen LogP contribution in [-0.4, -0.2) is 17.7 Å². The number of Topliss-reactive ketones (excluding diaryl/α,β-unsaturated/α-hetero) is 1. The summed E-state index contributed by atoms with van der Waals surface area (Å²) in [5, 5.41) is 2.98. The molecule has 4 heteroatoms. The van der Waals surface area contributed by atoms with Gasteiger partial charge >= 0.3 is 0 Å². The van der Waals surface area contributed by atoms with Gasteiger partial charge in [-0.2, -0.15) is 0 Å². The number of hydrogen-bond donors (Lipinski definition) is 1. The third-order valence-corrected chi connectivity index (χ3v) is 4.45. The molecular formula is C17H19NO2S. The lowest BCUT2D eigenvalue weighted by atomic mass is 10.1. The molecule has 0 unspecified atom stereocenters. The molecule has 0 saturated heterocycles. The van der Waals surface area contributed by atoms with Crippen LogP contribution in [0.4, 0.5) is 0 Å². The van der Waals surface area contributed by atoms with E-state index in [2.05, 4.69) is 17.4 Å². The lowest BCUT2D eigenvalue weighted by Crippen LogP contribution is -2.32. The van der Waals surface area contributed by atoms with Crippen LogP contribution in [0.2, 0.25) is 0 Å². The minimum absolute atomic E-state index is 0.00354. The summed E-state index contributed by atoms with van der Waals surface area (Å²) >= 11 is 1.24. The van der Waals surface area contributed by atoms with Gasteiger partial charge in [0.25, 0.3) is 5.91 Å². The maximum atomic E-state index is 12.1. The standard InChI is InChI=1S/C17H19NO2S/c1-12(8-9-14-6-4-3-5-7-14)18-17(20)16-11-10-15(21-16)13(2)19/h3-7,10-12H,8-9H2,1-2H3,(H,18,20)/t12-/m0/s1. The maximum Gasteiger partial charge on any atom is 0.261 e. The van der Waals surface area contributed by atoms with Crippen molar-refractivity contribution in [2.24, 2.45) is 0 Å². The molecule has 21 heavy (non-hydrogen) atoms. The zero-order valence-electron chi connectivity index (χ0n) is 12.3. The fourth-order valence-electron chi connectivity index (χ4n) is 2.04. The smallest absolute Gasteiger partial charge is 0.261 e. The Morgan fingerprint density at radius 2 is 1.76 bits per heavy atom. The number of aryl methyl sites for hydroxylation is 1. The Labute approximate surface area is 129 Å². The molecule has 0 saturated carbocycles. The molecule has 0 aliphatic heterocycles. The van der Waals surface area contributed by atoms with Crippen molar-refractivity contribution >= 4 is 23.0 Å². The van der Waals surface area contributed by atoms with Crippen molar-refractivity contribution in [1.29, 1.82) is 0 Å². The van der Waals surface area contributed by atoms with Gasteiger partial charge in [-0.3, -0.25) is 9.59 Å². The van der Waals surface area contributed by atoms with E-state index in [4.69, 9.17) is 0 Å². The van der Waals surface area contributed by atoms with Crippen LogP contribution in [0.15, 0.2) is 42.5 Å². The number of carbonyl (C=O) groups is 2. The van der Waals surface area contributed by atoms with E-state index in [1.165, 1.54) is 23.8 Å². The molecule has 0 aliphatic carbocycles. The Morgan fingerprint density at radius 1 is 1.10 bits per heavy atom. The molecule has 1 aromatic heterocycles. The largest absolute Gasteiger partial charge is 0.349 e. The summed E-state index contributed by atoms with van der Waals surface area (Å²) in [5.41, 5.74) is 1.27. The average molecular weight is 301 g/mol. The highest BCUT2D eigenvalue weighted by molar-refractivity contribution is 7.15. The number of carbonyl (C=O) groups excluding carboxylic acids is 2. The highest BCUT2D eigenvalue weighted by atomic mass is 32.1. The molecule has 2 rings (SSSR count). The van der Waals surface area contributed by atoms with Crippen LogP contribution in [0.1, 0.15) is 45.2 Å². The van der Waals surface area contributed by atoms with Crippen molar-refractivity contribution in [3.63, 3.8) is 0 Å². The lowest BCUT2D eigenvalue weighted by Gasteiger charge is -2.13. The molecule has 1 atom stereocenters. The van der Waals surface area contributed by atoms with Crippen LogP contribution < -0.4 is 5.32 Å². The van der Waals surface area contributed by atoms with Crippen LogP contribution in [0, 0.1) is 0 Å². The second-order valence-electron chi connectivity index (χ2n) is 5.12. The summed E-state index contributed by atoms with van der Waals surface area (Å²) in [7, 11) is 0. The minimum Gasteiger partial charge on any atom is -0.349 e. The SMILES string of the molecule is CC(=O)c1ccc(C(=O)N[C@@H](C)CCc2ccccc2)s1. The van der Waals surface area contributed by atoms with Gasteiger partial charge in [0.2, 0.25) is 0 Å². The topological polar surface area (TPSA) is 46.2 Å². The first-order valence-corrected chi connectivity index (χ1v) is 7.83. The van der Waals surface area contributed by atoms with Gasteiger partial charge in [0.15, 0.2) is 5.78 Å². The van der Waals surface area contributed by atoms with Crippen molar-refractivity contribution in [3.8, 4) is 0 Å². The van der Waals surface area contributed by atoms with Crippen LogP contribution >= 0.6 is 11.3 Å². The molecule has 0 aliphatic rings. The average Bonchev–Trinajstić information content (AvgIpc) is 2.96. The summed E-state index contributed by atoms with van der Waals surface area (Å²) in [6.07, 6.45) is 1.83. The van der Waals surface area contributed by atoms with E-state index in [1.807, 2.05) is 25.1 Å². The Kier molecular flexibility index (Phi) is 5.28. The number of thiophene rings is 1. The van der Waals surface area contributed by atoms with E-state index in [0.717, 1.165) is 12.8 Å². The number of nitrogens with one attached hydrogen (secondary N) is 1. The Balaban J connectivity index is 1.85. The van der Waals surface area contributed by atoms with Gasteiger partial charge in [-0.05, 0) is 44.4 Å². The summed E-state index contributed by atoms with van der Waals surface area (Å²) in [6, 6.07) is 13.7. The van der Waals surface area contributed by atoms with Gasteiger partial charge in [-0.25, -0.2) is 0 Å². The Morgan fingerprint density at radius 3 is 2.38 bits per heavy atom. The summed E-state index contributed by atoms with van der Waals surface area (Å²) < 4.78 is 0. The molecule has 3 nitrogen and oxygen atoms in total. The lowest BCUT2D eigenvalue weighted by molar-refractivity contribution is 0.0942. The minimum atomic E-state index is -0.104. The fraction of sp³-hybridized carbons (Fsp3) is 0.294. The normalized spacial score (nSPS) is 11.9. The van der Waals surface area contributed by atoms with E-state index in [-0.39, 0.29) is 17.7 Å². The van der Waals surface area contributed by atoms with E-state index < -0.39 is 0 Å². The van der Waals surface area contributed by atoms with Crippen LogP contribution in [0.25, 0.3) is 0 Å². The van der Waals surface area contributed by atoms with Gasteiger partial charge in [0, 0.05) is 6.04 Å². The summed E-state index contributed by atoms with van der Waals surface area (Å²) in [4.78, 5) is 24.5. The number of hydrogen-bond acceptors (Lipinski definition) is 3.